The molecule has 4 heterocycles. The molecule has 9 heteroatoms. The van der Waals surface area contributed by atoms with E-state index in [1.165, 1.54) is 5.56 Å². The molecule has 9 nitrogen and oxygen atoms in total. The summed E-state index contributed by atoms with van der Waals surface area (Å²) in [6.07, 6.45) is 0.843. The quantitative estimate of drug-likeness (QED) is 0.302. The van der Waals surface area contributed by atoms with Gasteiger partial charge in [-0.2, -0.15) is 10.1 Å². The Bertz CT molecular complexity index is 1400. The van der Waals surface area contributed by atoms with Crippen molar-refractivity contribution < 1.29 is 0 Å². The Morgan fingerprint density at radius 3 is 2.65 bits per heavy atom. The number of aromatic nitrogens is 6. The van der Waals surface area contributed by atoms with E-state index in [1.807, 2.05) is 43.3 Å². The number of rotatable bonds is 6. The molecule has 6 rings (SSSR count). The van der Waals surface area contributed by atoms with E-state index in [-0.39, 0.29) is 0 Å². The first-order valence-electron chi connectivity index (χ1n) is 11.4. The summed E-state index contributed by atoms with van der Waals surface area (Å²) in [5.41, 5.74) is 6.21. The van der Waals surface area contributed by atoms with E-state index >= 15 is 0 Å². The second-order valence-electron chi connectivity index (χ2n) is 8.54. The van der Waals surface area contributed by atoms with Gasteiger partial charge in [0.05, 0.1) is 22.4 Å². The molecule has 34 heavy (non-hydrogen) atoms. The summed E-state index contributed by atoms with van der Waals surface area (Å²) < 4.78 is 0. The minimum Gasteiger partial charge on any atom is -0.325 e. The molecule has 0 bridgehead atoms. The zero-order valence-corrected chi connectivity index (χ0v) is 18.8. The van der Waals surface area contributed by atoms with Crippen molar-refractivity contribution in [1.29, 1.82) is 0 Å². The Kier molecular flexibility index (Phi) is 5.15. The summed E-state index contributed by atoms with van der Waals surface area (Å²) in [4.78, 5) is 20.0. The summed E-state index contributed by atoms with van der Waals surface area (Å²) in [6.45, 7) is 4.55. The van der Waals surface area contributed by atoms with Crippen molar-refractivity contribution in [1.82, 2.24) is 35.0 Å². The molecule has 1 aliphatic rings. The Labute approximate surface area is 196 Å². The Balaban J connectivity index is 1.32. The highest BCUT2D eigenvalue weighted by Crippen LogP contribution is 2.29. The van der Waals surface area contributed by atoms with Crippen LogP contribution in [0.25, 0.3) is 11.0 Å². The molecule has 3 aromatic heterocycles. The molecule has 5 aromatic rings. The summed E-state index contributed by atoms with van der Waals surface area (Å²) in [5, 5.41) is 13.9. The molecule has 0 unspecified atom stereocenters. The molecule has 0 fully saturated rings. The van der Waals surface area contributed by atoms with Crippen LogP contribution in [0, 0.1) is 6.92 Å². The van der Waals surface area contributed by atoms with Gasteiger partial charge in [0, 0.05) is 37.7 Å². The number of aryl methyl sites for hydroxylation is 1. The standard InChI is InChI=1S/C25H25N9/c1-16-13-22(33-32-16)29-23-18-15-34(14-17-7-3-2-4-8-17)12-11-19(18)26-25(30-23)31-24-27-20-9-5-6-10-21(20)28-24/h2-10,13H,11-12,14-15H2,1H3,(H4,26,27,28,29,30,31,32,33). The van der Waals surface area contributed by atoms with Crippen LogP contribution in [-0.2, 0) is 19.5 Å². The zero-order chi connectivity index (χ0) is 22.9. The van der Waals surface area contributed by atoms with Crippen LogP contribution in [0.4, 0.5) is 23.5 Å². The van der Waals surface area contributed by atoms with E-state index in [0.29, 0.717) is 11.9 Å². The van der Waals surface area contributed by atoms with Crippen LogP contribution in [0.1, 0.15) is 22.5 Å². The average Bonchev–Trinajstić information content (AvgIpc) is 3.45. The van der Waals surface area contributed by atoms with Crippen molar-refractivity contribution >= 4 is 34.6 Å². The molecule has 1 aliphatic heterocycles. The molecular formula is C25H25N9. The Hall–Kier alpha value is -4.24. The van der Waals surface area contributed by atoms with E-state index in [1.54, 1.807) is 0 Å². The van der Waals surface area contributed by atoms with Gasteiger partial charge in [-0.1, -0.05) is 42.5 Å². The number of H-pyrrole nitrogens is 2. The SMILES string of the molecule is Cc1cc(Nc2nc(Nc3nc4ccccc4[nH]3)nc3c2CN(Cc2ccccc2)CC3)[nH]n1. The van der Waals surface area contributed by atoms with Crippen LogP contribution in [0.2, 0.25) is 0 Å². The minimum absolute atomic E-state index is 0.507. The Morgan fingerprint density at radius 2 is 1.82 bits per heavy atom. The normalized spacial score (nSPS) is 13.7. The molecule has 0 atom stereocenters. The number of aromatic amines is 2. The number of nitrogens with zero attached hydrogens (tertiary/aromatic N) is 5. The average molecular weight is 452 g/mol. The second kappa shape index (κ2) is 8.60. The van der Waals surface area contributed by atoms with Crippen LogP contribution < -0.4 is 10.6 Å². The highest BCUT2D eigenvalue weighted by Gasteiger charge is 2.23. The van der Waals surface area contributed by atoms with Gasteiger partial charge in [0.15, 0.2) is 0 Å². The van der Waals surface area contributed by atoms with Gasteiger partial charge in [-0.3, -0.25) is 15.3 Å². The van der Waals surface area contributed by atoms with E-state index in [9.17, 15) is 0 Å². The fraction of sp³-hybridized carbons (Fsp3) is 0.200. The molecule has 4 N–H and O–H groups in total. The molecule has 0 amide bonds. The molecule has 0 saturated heterocycles. The lowest BCUT2D eigenvalue weighted by atomic mass is 10.0. The maximum Gasteiger partial charge on any atom is 0.231 e. The lowest BCUT2D eigenvalue weighted by Crippen LogP contribution is -2.31. The van der Waals surface area contributed by atoms with Crippen molar-refractivity contribution in [3.63, 3.8) is 0 Å². The van der Waals surface area contributed by atoms with Crippen LogP contribution >= 0.6 is 0 Å². The van der Waals surface area contributed by atoms with Gasteiger partial charge < -0.3 is 10.3 Å². The fourth-order valence-electron chi connectivity index (χ4n) is 4.34. The minimum atomic E-state index is 0.507. The highest BCUT2D eigenvalue weighted by molar-refractivity contribution is 5.78. The van der Waals surface area contributed by atoms with Gasteiger partial charge in [0.25, 0.3) is 0 Å². The van der Waals surface area contributed by atoms with Crippen molar-refractivity contribution in [2.45, 2.75) is 26.4 Å². The van der Waals surface area contributed by atoms with E-state index < -0.39 is 0 Å². The molecule has 0 spiro atoms. The third-order valence-corrected chi connectivity index (χ3v) is 5.97. The topological polar surface area (TPSA) is 110 Å². The van der Waals surface area contributed by atoms with E-state index in [4.69, 9.17) is 9.97 Å². The third-order valence-electron chi connectivity index (χ3n) is 5.97. The van der Waals surface area contributed by atoms with Gasteiger partial charge >= 0.3 is 0 Å². The molecular weight excluding hydrogens is 426 g/mol. The first-order valence-corrected chi connectivity index (χ1v) is 11.4. The van der Waals surface area contributed by atoms with Gasteiger partial charge in [-0.05, 0) is 24.6 Å². The van der Waals surface area contributed by atoms with Crippen LogP contribution in [-0.4, -0.2) is 41.6 Å². The molecule has 0 saturated carbocycles. The summed E-state index contributed by atoms with van der Waals surface area (Å²) in [7, 11) is 0. The van der Waals surface area contributed by atoms with Crippen molar-refractivity contribution in [3.05, 3.63) is 83.2 Å². The molecule has 0 aliphatic carbocycles. The zero-order valence-electron chi connectivity index (χ0n) is 18.8. The maximum atomic E-state index is 4.85. The van der Waals surface area contributed by atoms with Gasteiger partial charge in [-0.15, -0.1) is 0 Å². The fourth-order valence-corrected chi connectivity index (χ4v) is 4.34. The maximum absolute atomic E-state index is 4.85. The van der Waals surface area contributed by atoms with Crippen LogP contribution in [0.5, 0.6) is 0 Å². The number of nitrogens with one attached hydrogen (secondary N) is 4. The first-order chi connectivity index (χ1) is 16.7. The van der Waals surface area contributed by atoms with E-state index in [0.717, 1.165) is 65.7 Å². The van der Waals surface area contributed by atoms with Crippen molar-refractivity contribution in [2.75, 3.05) is 17.2 Å². The number of imidazole rings is 1. The summed E-state index contributed by atoms with van der Waals surface area (Å²) >= 11 is 0. The monoisotopic (exact) mass is 451 g/mol. The highest BCUT2D eigenvalue weighted by atomic mass is 15.3. The van der Waals surface area contributed by atoms with Gasteiger partial charge in [0.1, 0.15) is 11.6 Å². The predicted octanol–water partition coefficient (Wildman–Crippen LogP) is 4.43. The first kappa shape index (κ1) is 20.4. The third kappa shape index (κ3) is 4.20. The number of anilines is 4. The smallest absolute Gasteiger partial charge is 0.231 e. The number of hydrogen-bond donors (Lipinski definition) is 4. The lowest BCUT2D eigenvalue weighted by Gasteiger charge is -2.29. The molecule has 0 radical (unpaired) electrons. The van der Waals surface area contributed by atoms with Crippen LogP contribution in [0.3, 0.4) is 0 Å². The number of hydrogen-bond acceptors (Lipinski definition) is 7. The molecule has 2 aromatic carbocycles. The lowest BCUT2D eigenvalue weighted by molar-refractivity contribution is 0.243. The van der Waals surface area contributed by atoms with Gasteiger partial charge in [0.2, 0.25) is 11.9 Å². The number of fused-ring (bicyclic) bond motifs is 2. The predicted molar refractivity (Wildman–Crippen MR) is 132 cm³/mol. The van der Waals surface area contributed by atoms with Gasteiger partial charge in [-0.25, -0.2) is 9.97 Å². The largest absolute Gasteiger partial charge is 0.325 e. The Morgan fingerprint density at radius 1 is 0.971 bits per heavy atom. The molecule has 170 valence electrons. The van der Waals surface area contributed by atoms with Crippen molar-refractivity contribution in [2.24, 2.45) is 0 Å². The summed E-state index contributed by atoms with van der Waals surface area (Å²) in [6, 6.07) is 20.4. The van der Waals surface area contributed by atoms with Crippen LogP contribution in [0.15, 0.2) is 60.7 Å². The van der Waals surface area contributed by atoms with Crippen molar-refractivity contribution in [3.8, 4) is 0 Å². The number of benzene rings is 2. The number of para-hydroxylation sites is 2. The second-order valence-corrected chi connectivity index (χ2v) is 8.54. The van der Waals surface area contributed by atoms with E-state index in [2.05, 4.69) is 60.0 Å². The summed E-state index contributed by atoms with van der Waals surface area (Å²) in [5.74, 6) is 2.69.